The Hall–Kier alpha value is -2.55. The quantitative estimate of drug-likeness (QED) is 0.732. The number of Topliss-reactive ketones (excluding diaryl/α,β-unsaturated/α-hetero) is 1. The van der Waals surface area contributed by atoms with E-state index in [1.165, 1.54) is 0 Å². The van der Waals surface area contributed by atoms with Crippen LogP contribution in [-0.4, -0.2) is 16.9 Å². The number of hydrogen-bond donors (Lipinski definition) is 1. The Balaban J connectivity index is 1.83. The fourth-order valence-corrected chi connectivity index (χ4v) is 2.40. The molecule has 0 spiro atoms. The molecule has 100 valence electrons. The summed E-state index contributed by atoms with van der Waals surface area (Å²) in [5.41, 5.74) is 2.81. The Bertz CT molecular complexity index is 744. The molecular weight excluding hydrogens is 248 g/mol. The van der Waals surface area contributed by atoms with Gasteiger partial charge in [0.25, 0.3) is 0 Å². The van der Waals surface area contributed by atoms with Crippen LogP contribution in [0.15, 0.2) is 60.8 Å². The van der Waals surface area contributed by atoms with Crippen molar-refractivity contribution in [3.05, 3.63) is 66.4 Å². The first-order valence-electron chi connectivity index (χ1n) is 6.62. The van der Waals surface area contributed by atoms with Crippen LogP contribution in [0.1, 0.15) is 10.4 Å². The van der Waals surface area contributed by atoms with E-state index >= 15 is 0 Å². The fraction of sp³-hybridized carbons (Fsp3) is 0.118. The molecule has 3 rings (SSSR count). The third-order valence-corrected chi connectivity index (χ3v) is 3.42. The van der Waals surface area contributed by atoms with Gasteiger partial charge in [-0.25, -0.2) is 0 Å². The molecule has 0 bridgehead atoms. The molecule has 0 aliphatic heterocycles. The SMILES string of the molecule is Cn1cc(C(=O)CNc2ccccc2)c2ccccc21. The van der Waals surface area contributed by atoms with Crippen molar-refractivity contribution in [3.8, 4) is 0 Å². The van der Waals surface area contributed by atoms with Crippen LogP contribution >= 0.6 is 0 Å². The number of benzene rings is 2. The van der Waals surface area contributed by atoms with Gasteiger partial charge in [-0.3, -0.25) is 4.79 Å². The highest BCUT2D eigenvalue weighted by Crippen LogP contribution is 2.20. The molecule has 2 aromatic carbocycles. The number of anilines is 1. The van der Waals surface area contributed by atoms with Gasteiger partial charge < -0.3 is 9.88 Å². The Kier molecular flexibility index (Phi) is 3.25. The van der Waals surface area contributed by atoms with Gasteiger partial charge in [0.1, 0.15) is 0 Å². The third kappa shape index (κ3) is 2.30. The van der Waals surface area contributed by atoms with Gasteiger partial charge in [-0.05, 0) is 18.2 Å². The first-order chi connectivity index (χ1) is 9.75. The van der Waals surface area contributed by atoms with Crippen LogP contribution in [0.5, 0.6) is 0 Å². The first-order valence-corrected chi connectivity index (χ1v) is 6.62. The summed E-state index contributed by atoms with van der Waals surface area (Å²) in [5.74, 6) is 0.102. The summed E-state index contributed by atoms with van der Waals surface area (Å²) < 4.78 is 1.99. The lowest BCUT2D eigenvalue weighted by molar-refractivity contribution is 0.101. The molecule has 0 fully saturated rings. The highest BCUT2D eigenvalue weighted by Gasteiger charge is 2.13. The standard InChI is InChI=1S/C17H16N2O/c1-19-12-15(14-9-5-6-10-16(14)19)17(20)11-18-13-7-3-2-4-8-13/h2-10,12,18H,11H2,1H3. The number of hydrogen-bond acceptors (Lipinski definition) is 2. The fourth-order valence-electron chi connectivity index (χ4n) is 2.40. The van der Waals surface area contributed by atoms with E-state index in [-0.39, 0.29) is 5.78 Å². The van der Waals surface area contributed by atoms with Crippen molar-refractivity contribution < 1.29 is 4.79 Å². The molecule has 1 aromatic heterocycles. The Labute approximate surface area is 117 Å². The highest BCUT2D eigenvalue weighted by molar-refractivity contribution is 6.09. The van der Waals surface area contributed by atoms with Crippen molar-refractivity contribution >= 4 is 22.4 Å². The van der Waals surface area contributed by atoms with Crippen molar-refractivity contribution in [3.63, 3.8) is 0 Å². The second-order valence-electron chi connectivity index (χ2n) is 4.81. The lowest BCUT2D eigenvalue weighted by Crippen LogP contribution is -2.13. The molecule has 0 aliphatic carbocycles. The highest BCUT2D eigenvalue weighted by atomic mass is 16.1. The molecule has 1 N–H and O–H groups in total. The summed E-state index contributed by atoms with van der Waals surface area (Å²) in [7, 11) is 1.96. The van der Waals surface area contributed by atoms with Gasteiger partial charge in [-0.2, -0.15) is 0 Å². The van der Waals surface area contributed by atoms with Crippen LogP contribution in [-0.2, 0) is 7.05 Å². The predicted molar refractivity (Wildman–Crippen MR) is 82.2 cm³/mol. The lowest BCUT2D eigenvalue weighted by Gasteiger charge is -2.04. The van der Waals surface area contributed by atoms with Crippen molar-refractivity contribution in [2.45, 2.75) is 0 Å². The van der Waals surface area contributed by atoms with Gasteiger partial charge in [0.2, 0.25) is 0 Å². The largest absolute Gasteiger partial charge is 0.378 e. The monoisotopic (exact) mass is 264 g/mol. The molecular formula is C17H16N2O. The summed E-state index contributed by atoms with van der Waals surface area (Å²) in [5, 5.41) is 4.17. The number of nitrogens with one attached hydrogen (secondary N) is 1. The molecule has 0 unspecified atom stereocenters. The second-order valence-corrected chi connectivity index (χ2v) is 4.81. The molecule has 20 heavy (non-hydrogen) atoms. The van der Waals surface area contributed by atoms with Crippen LogP contribution < -0.4 is 5.32 Å². The number of aromatic nitrogens is 1. The summed E-state index contributed by atoms with van der Waals surface area (Å²) in [6, 6.07) is 17.7. The van der Waals surface area contributed by atoms with E-state index in [0.717, 1.165) is 22.2 Å². The number of carbonyl (C=O) groups is 1. The first kappa shape index (κ1) is 12.5. The molecule has 0 aliphatic rings. The van der Waals surface area contributed by atoms with Crippen LogP contribution in [0.4, 0.5) is 5.69 Å². The van der Waals surface area contributed by atoms with Gasteiger partial charge in [0, 0.05) is 35.4 Å². The number of rotatable bonds is 4. The number of aryl methyl sites for hydroxylation is 1. The number of carbonyl (C=O) groups excluding carboxylic acids is 1. The van der Waals surface area contributed by atoms with Gasteiger partial charge in [0.05, 0.1) is 6.54 Å². The van der Waals surface area contributed by atoms with Crippen molar-refractivity contribution in [1.29, 1.82) is 0 Å². The van der Waals surface area contributed by atoms with Crippen LogP contribution in [0.3, 0.4) is 0 Å². The maximum Gasteiger partial charge on any atom is 0.184 e. The van der Waals surface area contributed by atoms with E-state index in [9.17, 15) is 4.79 Å². The zero-order chi connectivity index (χ0) is 13.9. The van der Waals surface area contributed by atoms with E-state index in [1.807, 2.05) is 72.4 Å². The average Bonchev–Trinajstić information content (AvgIpc) is 2.84. The second kappa shape index (κ2) is 5.21. The normalized spacial score (nSPS) is 10.7. The molecule has 0 radical (unpaired) electrons. The summed E-state index contributed by atoms with van der Waals surface area (Å²) >= 11 is 0. The molecule has 3 nitrogen and oxygen atoms in total. The summed E-state index contributed by atoms with van der Waals surface area (Å²) in [4.78, 5) is 12.4. The third-order valence-electron chi connectivity index (χ3n) is 3.42. The van der Waals surface area contributed by atoms with Gasteiger partial charge in [0.15, 0.2) is 5.78 Å². The van der Waals surface area contributed by atoms with Gasteiger partial charge >= 0.3 is 0 Å². The molecule has 3 aromatic rings. The van der Waals surface area contributed by atoms with E-state index in [4.69, 9.17) is 0 Å². The summed E-state index contributed by atoms with van der Waals surface area (Å²) in [6.45, 7) is 0.304. The van der Waals surface area contributed by atoms with E-state index in [1.54, 1.807) is 0 Å². The predicted octanol–water partition coefficient (Wildman–Crippen LogP) is 3.47. The Morgan fingerprint density at radius 3 is 2.55 bits per heavy atom. The van der Waals surface area contributed by atoms with Crippen LogP contribution in [0.25, 0.3) is 10.9 Å². The number of para-hydroxylation sites is 2. The molecule has 3 heteroatoms. The van der Waals surface area contributed by atoms with Gasteiger partial charge in [-0.1, -0.05) is 36.4 Å². The molecule has 0 amide bonds. The maximum atomic E-state index is 12.4. The van der Waals surface area contributed by atoms with E-state index < -0.39 is 0 Å². The minimum Gasteiger partial charge on any atom is -0.378 e. The Morgan fingerprint density at radius 2 is 1.75 bits per heavy atom. The lowest BCUT2D eigenvalue weighted by atomic mass is 10.1. The van der Waals surface area contributed by atoms with E-state index in [2.05, 4.69) is 5.32 Å². The topological polar surface area (TPSA) is 34.0 Å². The minimum absolute atomic E-state index is 0.102. The molecule has 1 heterocycles. The van der Waals surface area contributed by atoms with Gasteiger partial charge in [-0.15, -0.1) is 0 Å². The van der Waals surface area contributed by atoms with Crippen molar-refractivity contribution in [1.82, 2.24) is 4.57 Å². The smallest absolute Gasteiger partial charge is 0.184 e. The summed E-state index contributed by atoms with van der Waals surface area (Å²) in [6.07, 6.45) is 1.90. The maximum absolute atomic E-state index is 12.4. The number of nitrogens with zero attached hydrogens (tertiary/aromatic N) is 1. The van der Waals surface area contributed by atoms with Crippen LogP contribution in [0, 0.1) is 0 Å². The van der Waals surface area contributed by atoms with Crippen LogP contribution in [0.2, 0.25) is 0 Å². The van der Waals surface area contributed by atoms with E-state index in [0.29, 0.717) is 6.54 Å². The Morgan fingerprint density at radius 1 is 1.05 bits per heavy atom. The average molecular weight is 264 g/mol. The molecule has 0 atom stereocenters. The number of ketones is 1. The number of fused-ring (bicyclic) bond motifs is 1. The zero-order valence-corrected chi connectivity index (χ0v) is 11.3. The minimum atomic E-state index is 0.102. The van der Waals surface area contributed by atoms with Crippen molar-refractivity contribution in [2.75, 3.05) is 11.9 Å². The molecule has 0 saturated heterocycles. The molecule has 0 saturated carbocycles. The zero-order valence-electron chi connectivity index (χ0n) is 11.3. The van der Waals surface area contributed by atoms with Crippen molar-refractivity contribution in [2.24, 2.45) is 7.05 Å².